The summed E-state index contributed by atoms with van der Waals surface area (Å²) in [4.78, 5) is 14.0. The number of amides is 1. The number of nitrogens with one attached hydrogen (secondary N) is 1. The molecule has 1 saturated carbocycles. The minimum atomic E-state index is -0.257. The van der Waals surface area contributed by atoms with Gasteiger partial charge in [-0.1, -0.05) is 18.6 Å². The van der Waals surface area contributed by atoms with E-state index in [0.717, 1.165) is 29.7 Å². The van der Waals surface area contributed by atoms with Crippen molar-refractivity contribution in [1.29, 1.82) is 0 Å². The van der Waals surface area contributed by atoms with Crippen molar-refractivity contribution in [1.82, 2.24) is 5.32 Å². The van der Waals surface area contributed by atoms with E-state index >= 15 is 0 Å². The second-order valence-electron chi connectivity index (χ2n) is 5.68. The van der Waals surface area contributed by atoms with Crippen molar-refractivity contribution in [2.45, 2.75) is 25.3 Å². The molecular weight excluding hydrogens is 299 g/mol. The summed E-state index contributed by atoms with van der Waals surface area (Å²) in [7, 11) is 0. The Bertz CT molecular complexity index is 653. The van der Waals surface area contributed by atoms with Crippen molar-refractivity contribution in [3.8, 4) is 10.4 Å². The van der Waals surface area contributed by atoms with Gasteiger partial charge in [-0.15, -0.1) is 11.3 Å². The number of thiophene rings is 1. The Kier molecular flexibility index (Phi) is 4.55. The minimum absolute atomic E-state index is 0.0382. The van der Waals surface area contributed by atoms with Gasteiger partial charge in [0.05, 0.1) is 4.88 Å². The molecule has 0 aliphatic heterocycles. The molecule has 2 unspecified atom stereocenters. The molecule has 2 atom stereocenters. The van der Waals surface area contributed by atoms with Crippen LogP contribution in [-0.4, -0.2) is 18.5 Å². The van der Waals surface area contributed by atoms with Gasteiger partial charge in [0.15, 0.2) is 0 Å². The Morgan fingerprint density at radius 2 is 2.00 bits per heavy atom. The van der Waals surface area contributed by atoms with Crippen LogP contribution in [-0.2, 0) is 0 Å². The Labute approximate surface area is 133 Å². The van der Waals surface area contributed by atoms with Crippen molar-refractivity contribution < 1.29 is 9.18 Å². The Hall–Kier alpha value is -1.72. The summed E-state index contributed by atoms with van der Waals surface area (Å²) in [6.07, 6.45) is 3.22. The first-order valence-corrected chi connectivity index (χ1v) is 8.35. The fraction of sp³-hybridized carbons (Fsp3) is 0.353. The quantitative estimate of drug-likeness (QED) is 0.907. The number of halogens is 1. The second kappa shape index (κ2) is 6.58. The third kappa shape index (κ3) is 3.20. The standard InChI is InChI=1S/C17H19FN2OS/c18-13-6-4-11(5-7-13)15-8-9-16(22-15)17(21)20-14-3-1-2-12(14)10-19/h4-9,12,14H,1-3,10,19H2,(H,20,21). The molecule has 1 heterocycles. The van der Waals surface area contributed by atoms with E-state index in [1.54, 1.807) is 12.1 Å². The molecule has 5 heteroatoms. The van der Waals surface area contributed by atoms with Crippen LogP contribution in [0.15, 0.2) is 36.4 Å². The lowest BCUT2D eigenvalue weighted by Crippen LogP contribution is -2.39. The predicted molar refractivity (Wildman–Crippen MR) is 87.4 cm³/mol. The van der Waals surface area contributed by atoms with E-state index < -0.39 is 0 Å². The second-order valence-corrected chi connectivity index (χ2v) is 6.76. The summed E-state index contributed by atoms with van der Waals surface area (Å²) in [5, 5.41) is 3.10. The maximum atomic E-state index is 13.0. The van der Waals surface area contributed by atoms with E-state index in [0.29, 0.717) is 17.3 Å². The number of nitrogens with two attached hydrogens (primary N) is 1. The van der Waals surface area contributed by atoms with Gasteiger partial charge < -0.3 is 11.1 Å². The summed E-state index contributed by atoms with van der Waals surface area (Å²) in [5.74, 6) is 0.0940. The van der Waals surface area contributed by atoms with Crippen LogP contribution >= 0.6 is 11.3 Å². The molecule has 0 bridgehead atoms. The average molecular weight is 318 g/mol. The highest BCUT2D eigenvalue weighted by atomic mass is 32.1. The molecule has 0 spiro atoms. The largest absolute Gasteiger partial charge is 0.348 e. The maximum Gasteiger partial charge on any atom is 0.261 e. The summed E-state index contributed by atoms with van der Waals surface area (Å²) >= 11 is 1.43. The van der Waals surface area contributed by atoms with Gasteiger partial charge in [-0.05, 0) is 55.1 Å². The molecule has 1 fully saturated rings. The molecular formula is C17H19FN2OS. The number of carbonyl (C=O) groups excluding carboxylic acids is 1. The lowest BCUT2D eigenvalue weighted by atomic mass is 10.0. The summed E-state index contributed by atoms with van der Waals surface area (Å²) in [6.45, 7) is 0.621. The smallest absolute Gasteiger partial charge is 0.261 e. The molecule has 1 aromatic carbocycles. The number of rotatable bonds is 4. The van der Waals surface area contributed by atoms with Gasteiger partial charge in [-0.2, -0.15) is 0 Å². The normalized spacial score (nSPS) is 21.0. The van der Waals surface area contributed by atoms with Crippen LogP contribution in [0.2, 0.25) is 0 Å². The molecule has 3 rings (SSSR count). The average Bonchev–Trinajstić information content (AvgIpc) is 3.16. The summed E-state index contributed by atoms with van der Waals surface area (Å²) in [5.41, 5.74) is 6.67. The highest BCUT2D eigenvalue weighted by Crippen LogP contribution is 2.29. The van der Waals surface area contributed by atoms with Crippen LogP contribution in [0.3, 0.4) is 0 Å². The zero-order valence-electron chi connectivity index (χ0n) is 12.2. The minimum Gasteiger partial charge on any atom is -0.348 e. The van der Waals surface area contributed by atoms with Crippen molar-refractivity contribution in [3.63, 3.8) is 0 Å². The van der Waals surface area contributed by atoms with Gasteiger partial charge in [0.1, 0.15) is 5.82 Å². The number of hydrogen-bond acceptors (Lipinski definition) is 3. The van der Waals surface area contributed by atoms with Gasteiger partial charge in [0.2, 0.25) is 0 Å². The molecule has 1 aliphatic rings. The zero-order chi connectivity index (χ0) is 15.5. The topological polar surface area (TPSA) is 55.1 Å². The number of benzene rings is 1. The van der Waals surface area contributed by atoms with Crippen LogP contribution in [0.1, 0.15) is 28.9 Å². The summed E-state index contributed by atoms with van der Waals surface area (Å²) < 4.78 is 13.0. The third-order valence-electron chi connectivity index (χ3n) is 4.24. The molecule has 22 heavy (non-hydrogen) atoms. The molecule has 3 nitrogen and oxygen atoms in total. The molecule has 3 N–H and O–H groups in total. The van der Waals surface area contributed by atoms with Crippen LogP contribution in [0, 0.1) is 11.7 Å². The molecule has 0 radical (unpaired) electrons. The van der Waals surface area contributed by atoms with Crippen molar-refractivity contribution in [2.24, 2.45) is 11.7 Å². The van der Waals surface area contributed by atoms with Gasteiger partial charge in [0.25, 0.3) is 5.91 Å². The predicted octanol–water partition coefficient (Wildman–Crippen LogP) is 3.41. The first-order chi connectivity index (χ1) is 10.7. The number of carbonyl (C=O) groups is 1. The molecule has 2 aromatic rings. The highest BCUT2D eigenvalue weighted by molar-refractivity contribution is 7.17. The summed E-state index contributed by atoms with van der Waals surface area (Å²) in [6, 6.07) is 10.2. The van der Waals surface area contributed by atoms with Crippen LogP contribution in [0.25, 0.3) is 10.4 Å². The monoisotopic (exact) mass is 318 g/mol. The van der Waals surface area contributed by atoms with Crippen molar-refractivity contribution in [3.05, 3.63) is 47.1 Å². The van der Waals surface area contributed by atoms with E-state index in [9.17, 15) is 9.18 Å². The van der Waals surface area contributed by atoms with E-state index in [2.05, 4.69) is 5.32 Å². The fourth-order valence-corrected chi connectivity index (χ4v) is 3.89. The highest BCUT2D eigenvalue weighted by Gasteiger charge is 2.27. The maximum absolute atomic E-state index is 13.0. The fourth-order valence-electron chi connectivity index (χ4n) is 2.98. The lowest BCUT2D eigenvalue weighted by molar-refractivity contribution is 0.0933. The van der Waals surface area contributed by atoms with Crippen molar-refractivity contribution >= 4 is 17.2 Å². The molecule has 1 amide bonds. The Balaban J connectivity index is 1.70. The molecule has 1 aliphatic carbocycles. The number of hydrogen-bond donors (Lipinski definition) is 2. The molecule has 1 aromatic heterocycles. The zero-order valence-corrected chi connectivity index (χ0v) is 13.0. The first kappa shape index (κ1) is 15.2. The van der Waals surface area contributed by atoms with Gasteiger partial charge in [0, 0.05) is 10.9 Å². The first-order valence-electron chi connectivity index (χ1n) is 7.54. The Morgan fingerprint density at radius 1 is 1.23 bits per heavy atom. The van der Waals surface area contributed by atoms with Gasteiger partial charge in [-0.25, -0.2) is 4.39 Å². The molecule has 116 valence electrons. The van der Waals surface area contributed by atoms with Crippen LogP contribution in [0.5, 0.6) is 0 Å². The van der Waals surface area contributed by atoms with E-state index in [1.165, 1.54) is 23.5 Å². The van der Waals surface area contributed by atoms with E-state index in [-0.39, 0.29) is 17.8 Å². The van der Waals surface area contributed by atoms with E-state index in [1.807, 2.05) is 12.1 Å². The van der Waals surface area contributed by atoms with Crippen LogP contribution in [0.4, 0.5) is 4.39 Å². The van der Waals surface area contributed by atoms with Crippen LogP contribution < -0.4 is 11.1 Å². The third-order valence-corrected chi connectivity index (χ3v) is 5.37. The van der Waals surface area contributed by atoms with E-state index in [4.69, 9.17) is 5.73 Å². The lowest BCUT2D eigenvalue weighted by Gasteiger charge is -2.18. The van der Waals surface area contributed by atoms with Gasteiger partial charge >= 0.3 is 0 Å². The van der Waals surface area contributed by atoms with Crippen molar-refractivity contribution in [2.75, 3.05) is 6.54 Å². The SMILES string of the molecule is NCC1CCCC1NC(=O)c1ccc(-c2ccc(F)cc2)s1. The van der Waals surface area contributed by atoms with Gasteiger partial charge in [-0.3, -0.25) is 4.79 Å². The molecule has 0 saturated heterocycles. The Morgan fingerprint density at radius 3 is 2.73 bits per heavy atom.